The first-order valence-electron chi connectivity index (χ1n) is 16.6. The number of phenolic OH excluding ortho intramolecular Hbond substituents is 1. The Balaban J connectivity index is 1.44. The third kappa shape index (κ3) is 4.90. The van der Waals surface area contributed by atoms with E-state index in [1.54, 1.807) is 49.4 Å². The van der Waals surface area contributed by atoms with E-state index in [-0.39, 0.29) is 43.9 Å². The van der Waals surface area contributed by atoms with Crippen molar-refractivity contribution in [3.8, 4) is 11.5 Å². The van der Waals surface area contributed by atoms with Gasteiger partial charge in [0.2, 0.25) is 11.8 Å². The van der Waals surface area contributed by atoms with Gasteiger partial charge in [-0.15, -0.1) is 0 Å². The number of benzene rings is 3. The number of aryl methyl sites for hydroxylation is 1. The van der Waals surface area contributed by atoms with Crippen LogP contribution in [0.1, 0.15) is 48.8 Å². The van der Waals surface area contributed by atoms with Crippen molar-refractivity contribution in [3.05, 3.63) is 101 Å². The Hall–Kier alpha value is -5.45. The summed E-state index contributed by atoms with van der Waals surface area (Å²) in [7, 11) is 0. The second-order valence-electron chi connectivity index (χ2n) is 13.2. The van der Waals surface area contributed by atoms with Crippen LogP contribution in [0.25, 0.3) is 0 Å². The molecule has 49 heavy (non-hydrogen) atoms. The third-order valence-electron chi connectivity index (χ3n) is 10.7. The lowest BCUT2D eigenvalue weighted by Crippen LogP contribution is -2.53. The Kier molecular flexibility index (Phi) is 8.01. The van der Waals surface area contributed by atoms with E-state index in [9.17, 15) is 29.4 Å². The molecule has 2 aliphatic heterocycles. The fourth-order valence-corrected chi connectivity index (χ4v) is 8.63. The molecule has 3 fully saturated rings. The molecule has 252 valence electrons. The predicted octanol–water partition coefficient (Wildman–Crippen LogP) is 4.56. The van der Waals surface area contributed by atoms with Gasteiger partial charge in [-0.2, -0.15) is 5.01 Å². The number of carboxylic acid groups (broad SMARTS) is 1. The van der Waals surface area contributed by atoms with E-state index in [0.717, 1.165) is 15.5 Å². The highest BCUT2D eigenvalue weighted by Gasteiger charge is 2.70. The number of ether oxygens (including phenoxy) is 1. The van der Waals surface area contributed by atoms with E-state index >= 15 is 4.79 Å². The summed E-state index contributed by atoms with van der Waals surface area (Å²) >= 11 is 0. The Morgan fingerprint density at radius 2 is 1.67 bits per heavy atom. The van der Waals surface area contributed by atoms with Gasteiger partial charge in [0.05, 0.1) is 41.9 Å². The number of nitrogens with zero attached hydrogens (tertiary/aromatic N) is 2. The number of carbonyl (C=O) groups excluding carboxylic acids is 4. The van der Waals surface area contributed by atoms with Crippen LogP contribution in [0.15, 0.2) is 84.4 Å². The number of nitrogens with one attached hydrogen (secondary N) is 1. The number of aromatic hydroxyl groups is 1. The minimum absolute atomic E-state index is 0.0900. The molecule has 0 aromatic heterocycles. The smallest absolute Gasteiger partial charge is 0.305 e. The van der Waals surface area contributed by atoms with Crippen molar-refractivity contribution in [2.75, 3.05) is 18.6 Å². The largest absolute Gasteiger partial charge is 0.504 e. The van der Waals surface area contributed by atoms with Gasteiger partial charge in [-0.25, -0.2) is 0 Å². The minimum atomic E-state index is -1.54. The molecule has 2 saturated heterocycles. The lowest BCUT2D eigenvalue weighted by atomic mass is 9.49. The van der Waals surface area contributed by atoms with Crippen LogP contribution in [0.3, 0.4) is 0 Å². The van der Waals surface area contributed by atoms with Crippen LogP contribution in [0.4, 0.5) is 5.69 Å². The number of allylic oxidation sites excluding steroid dienone is 2. The van der Waals surface area contributed by atoms with Crippen molar-refractivity contribution in [1.82, 2.24) is 9.91 Å². The lowest BCUT2D eigenvalue weighted by molar-refractivity contribution is -0.143. The Labute approximate surface area is 283 Å². The number of likely N-dealkylation sites (tertiary alicyclic amines) is 1. The summed E-state index contributed by atoms with van der Waals surface area (Å²) in [6.07, 6.45) is 1.79. The zero-order valence-electron chi connectivity index (χ0n) is 27.2. The predicted molar refractivity (Wildman–Crippen MR) is 177 cm³/mol. The number of anilines is 1. The molecule has 11 heteroatoms. The molecule has 3 aromatic rings. The van der Waals surface area contributed by atoms with Crippen LogP contribution in [0, 0.1) is 30.6 Å². The SMILES string of the molecule is CCOc1cccc([C@H]2C3=CC[C@@H]4C(=O)N(CCC(=O)O)C(=O)[C@@H]4[C@@H]3C[C@H]3C(=O)N(Nc4ccc(C)cc4)C(=O)[C@@]23c2ccccc2)c1O. The van der Waals surface area contributed by atoms with Gasteiger partial charge in [-0.1, -0.05) is 71.8 Å². The molecule has 3 aromatic carbocycles. The van der Waals surface area contributed by atoms with Gasteiger partial charge in [0.1, 0.15) is 0 Å². The molecule has 4 aliphatic rings. The number of carbonyl (C=O) groups is 5. The van der Waals surface area contributed by atoms with E-state index in [0.29, 0.717) is 22.4 Å². The number of aliphatic carboxylic acids is 1. The fraction of sp³-hybridized carbons (Fsp3) is 0.342. The highest BCUT2D eigenvalue weighted by atomic mass is 16.5. The van der Waals surface area contributed by atoms with E-state index in [1.165, 1.54) is 0 Å². The highest BCUT2D eigenvalue weighted by Crippen LogP contribution is 2.65. The van der Waals surface area contributed by atoms with Gasteiger partial charge in [0.15, 0.2) is 11.5 Å². The van der Waals surface area contributed by atoms with Crippen LogP contribution in [0.2, 0.25) is 0 Å². The number of hydrogen-bond donors (Lipinski definition) is 3. The van der Waals surface area contributed by atoms with Crippen LogP contribution >= 0.6 is 0 Å². The maximum Gasteiger partial charge on any atom is 0.305 e. The quantitative estimate of drug-likeness (QED) is 0.221. The molecular weight excluding hydrogens is 626 g/mol. The number of hydrogen-bond acceptors (Lipinski definition) is 8. The molecule has 3 N–H and O–H groups in total. The van der Waals surface area contributed by atoms with Crippen LogP contribution in [0.5, 0.6) is 11.5 Å². The standard InChI is InChI=1S/C38H37N3O8/c1-3-49-29-11-7-10-26(33(29)44)32-24-16-17-25-31(36(47)40(34(25)45)19-18-30(42)43)27(24)20-28-35(46)41(39-23-14-12-21(2)13-15-23)37(48)38(28,32)22-8-5-4-6-9-22/h4-16,25,27-28,31-32,39,44H,3,17-20H2,1-2H3,(H,42,43)/t25-,27+,28-,31-,32+,38+/m0/s1. The Bertz CT molecular complexity index is 1890. The summed E-state index contributed by atoms with van der Waals surface area (Å²) in [5.74, 6) is -7.09. The van der Waals surface area contributed by atoms with Crippen LogP contribution in [-0.4, -0.2) is 62.9 Å². The van der Waals surface area contributed by atoms with Gasteiger partial charge >= 0.3 is 5.97 Å². The molecule has 0 bridgehead atoms. The number of phenols is 1. The molecule has 2 heterocycles. The van der Waals surface area contributed by atoms with Crippen molar-refractivity contribution in [1.29, 1.82) is 0 Å². The number of carboxylic acids is 1. The molecule has 0 spiro atoms. The second-order valence-corrected chi connectivity index (χ2v) is 13.2. The molecular formula is C38H37N3O8. The first-order valence-corrected chi connectivity index (χ1v) is 16.6. The van der Waals surface area contributed by atoms with Crippen molar-refractivity contribution in [2.45, 2.75) is 44.4 Å². The Morgan fingerprint density at radius 1 is 0.939 bits per heavy atom. The molecule has 1 saturated carbocycles. The fourth-order valence-electron chi connectivity index (χ4n) is 8.63. The summed E-state index contributed by atoms with van der Waals surface area (Å²) in [5.41, 5.74) is 4.69. The zero-order chi connectivity index (χ0) is 34.6. The topological polar surface area (TPSA) is 154 Å². The highest BCUT2D eigenvalue weighted by molar-refractivity contribution is 6.13. The normalized spacial score (nSPS) is 27.4. The third-order valence-corrected chi connectivity index (χ3v) is 10.7. The zero-order valence-corrected chi connectivity index (χ0v) is 27.2. The molecule has 0 radical (unpaired) electrons. The average molecular weight is 664 g/mol. The summed E-state index contributed by atoms with van der Waals surface area (Å²) in [6, 6.07) is 21.4. The molecule has 2 aliphatic carbocycles. The van der Waals surface area contributed by atoms with Crippen LogP contribution < -0.4 is 10.2 Å². The van der Waals surface area contributed by atoms with Gasteiger partial charge in [0.25, 0.3) is 11.8 Å². The number of amides is 4. The lowest BCUT2D eigenvalue weighted by Gasteiger charge is -2.50. The van der Waals surface area contributed by atoms with Gasteiger partial charge in [0, 0.05) is 18.0 Å². The van der Waals surface area contributed by atoms with Crippen molar-refractivity contribution in [3.63, 3.8) is 0 Å². The number of fused-ring (bicyclic) bond motifs is 4. The summed E-state index contributed by atoms with van der Waals surface area (Å²) < 4.78 is 5.78. The summed E-state index contributed by atoms with van der Waals surface area (Å²) in [4.78, 5) is 69.9. The maximum atomic E-state index is 15.2. The van der Waals surface area contributed by atoms with E-state index < -0.39 is 64.6 Å². The molecule has 7 rings (SSSR count). The second kappa shape index (κ2) is 12.2. The number of imide groups is 2. The minimum Gasteiger partial charge on any atom is -0.504 e. The monoisotopic (exact) mass is 663 g/mol. The molecule has 4 amide bonds. The Morgan fingerprint density at radius 3 is 2.37 bits per heavy atom. The van der Waals surface area contributed by atoms with Crippen molar-refractivity contribution < 1.29 is 38.9 Å². The van der Waals surface area contributed by atoms with Gasteiger partial charge in [-0.05, 0) is 56.4 Å². The van der Waals surface area contributed by atoms with E-state index in [1.807, 2.05) is 43.3 Å². The number of hydrazine groups is 1. The van der Waals surface area contributed by atoms with Crippen molar-refractivity contribution >= 4 is 35.3 Å². The van der Waals surface area contributed by atoms with Crippen molar-refractivity contribution in [2.24, 2.45) is 23.7 Å². The molecule has 11 nitrogen and oxygen atoms in total. The van der Waals surface area contributed by atoms with Crippen LogP contribution in [-0.2, 0) is 29.4 Å². The summed E-state index contributed by atoms with van der Waals surface area (Å²) in [5, 5.41) is 22.2. The maximum absolute atomic E-state index is 15.2. The average Bonchev–Trinajstić information content (AvgIpc) is 3.46. The first kappa shape index (κ1) is 32.1. The first-order chi connectivity index (χ1) is 23.6. The molecule has 0 unspecified atom stereocenters. The van der Waals surface area contributed by atoms with Gasteiger partial charge < -0.3 is 14.9 Å². The van der Waals surface area contributed by atoms with E-state index in [4.69, 9.17) is 4.74 Å². The van der Waals surface area contributed by atoms with E-state index in [2.05, 4.69) is 5.43 Å². The number of para-hydroxylation sites is 1. The van der Waals surface area contributed by atoms with Gasteiger partial charge in [-0.3, -0.25) is 34.3 Å². The number of rotatable bonds is 9. The summed E-state index contributed by atoms with van der Waals surface area (Å²) in [6.45, 7) is 3.76. The molecule has 6 atom stereocenters.